The van der Waals surface area contributed by atoms with Crippen LogP contribution in [0.5, 0.6) is 0 Å². The molecule has 0 radical (unpaired) electrons. The average molecular weight is 225 g/mol. The average Bonchev–Trinajstić information content (AvgIpc) is 2.80. The third-order valence-electron chi connectivity index (χ3n) is 2.88. The third kappa shape index (κ3) is 2.59. The largest absolute Gasteiger partial charge is 0.371 e. The quantitative estimate of drug-likeness (QED) is 0.844. The lowest BCUT2D eigenvalue weighted by molar-refractivity contribution is 0.0683. The first-order valence-electron chi connectivity index (χ1n) is 5.97. The van der Waals surface area contributed by atoms with Crippen LogP contribution in [0.15, 0.2) is 4.52 Å². The van der Waals surface area contributed by atoms with Gasteiger partial charge in [0.2, 0.25) is 5.89 Å². The van der Waals surface area contributed by atoms with Gasteiger partial charge >= 0.3 is 0 Å². The van der Waals surface area contributed by atoms with Crippen LogP contribution in [0.25, 0.3) is 0 Å². The zero-order chi connectivity index (χ0) is 11.4. The van der Waals surface area contributed by atoms with Crippen LogP contribution in [0.1, 0.15) is 50.4 Å². The van der Waals surface area contributed by atoms with Gasteiger partial charge in [0.1, 0.15) is 6.10 Å². The van der Waals surface area contributed by atoms with Gasteiger partial charge in [-0.15, -0.1) is 0 Å². The first-order valence-corrected chi connectivity index (χ1v) is 5.97. The molecule has 1 aromatic rings. The molecule has 5 heteroatoms. The second kappa shape index (κ2) is 5.41. The van der Waals surface area contributed by atoms with E-state index in [2.05, 4.69) is 15.5 Å². The maximum atomic E-state index is 5.43. The summed E-state index contributed by atoms with van der Waals surface area (Å²) in [4.78, 5) is 4.41. The van der Waals surface area contributed by atoms with E-state index in [-0.39, 0.29) is 6.10 Å². The number of hydrogen-bond donors (Lipinski definition) is 1. The molecule has 1 fully saturated rings. The second-order valence-corrected chi connectivity index (χ2v) is 4.13. The number of ether oxygens (including phenoxy) is 1. The molecule has 1 saturated heterocycles. The summed E-state index contributed by atoms with van der Waals surface area (Å²) in [5.74, 6) is 1.76. The SMILES string of the molecule is CCOC(C)c1noc([C@@H]2CCCNC2)n1. The highest BCUT2D eigenvalue weighted by atomic mass is 16.5. The summed E-state index contributed by atoms with van der Waals surface area (Å²) in [6.07, 6.45) is 2.21. The molecule has 0 aliphatic carbocycles. The van der Waals surface area contributed by atoms with Gasteiger partial charge in [0.05, 0.1) is 5.92 Å². The summed E-state index contributed by atoms with van der Waals surface area (Å²) in [6.45, 7) is 6.59. The standard InChI is InChI=1S/C11H19N3O2/c1-3-15-8(2)10-13-11(16-14-10)9-5-4-6-12-7-9/h8-9,12H,3-7H2,1-2H3/t8?,9-/m1/s1. The topological polar surface area (TPSA) is 60.2 Å². The van der Waals surface area contributed by atoms with Crippen molar-refractivity contribution in [1.29, 1.82) is 0 Å². The molecule has 1 N–H and O–H groups in total. The van der Waals surface area contributed by atoms with Crippen LogP contribution in [0, 0.1) is 0 Å². The highest BCUT2D eigenvalue weighted by Gasteiger charge is 2.22. The van der Waals surface area contributed by atoms with Crippen molar-refractivity contribution in [3.63, 3.8) is 0 Å². The summed E-state index contributed by atoms with van der Waals surface area (Å²) in [6, 6.07) is 0. The van der Waals surface area contributed by atoms with Crippen molar-refractivity contribution in [1.82, 2.24) is 15.5 Å². The molecule has 0 saturated carbocycles. The van der Waals surface area contributed by atoms with Gasteiger partial charge in [-0.3, -0.25) is 0 Å². The van der Waals surface area contributed by atoms with Crippen LogP contribution in [0.2, 0.25) is 0 Å². The smallest absolute Gasteiger partial charge is 0.231 e. The number of hydrogen-bond acceptors (Lipinski definition) is 5. The number of nitrogens with one attached hydrogen (secondary N) is 1. The monoisotopic (exact) mass is 225 g/mol. The van der Waals surface area contributed by atoms with Crippen LogP contribution < -0.4 is 5.32 Å². The van der Waals surface area contributed by atoms with Gasteiger partial charge in [0.15, 0.2) is 5.82 Å². The molecule has 5 nitrogen and oxygen atoms in total. The Morgan fingerprint density at radius 3 is 3.19 bits per heavy atom. The van der Waals surface area contributed by atoms with Gasteiger partial charge in [0.25, 0.3) is 0 Å². The molecule has 16 heavy (non-hydrogen) atoms. The molecular formula is C11H19N3O2. The molecule has 1 aromatic heterocycles. The molecule has 0 aromatic carbocycles. The highest BCUT2D eigenvalue weighted by molar-refractivity contribution is 4.98. The van der Waals surface area contributed by atoms with Crippen molar-refractivity contribution in [3.8, 4) is 0 Å². The predicted octanol–water partition coefficient (Wildman–Crippen LogP) is 1.63. The Morgan fingerprint density at radius 1 is 1.62 bits per heavy atom. The molecule has 0 spiro atoms. The van der Waals surface area contributed by atoms with E-state index in [4.69, 9.17) is 9.26 Å². The van der Waals surface area contributed by atoms with Crippen LogP contribution in [-0.2, 0) is 4.74 Å². The summed E-state index contributed by atoms with van der Waals surface area (Å²) >= 11 is 0. The Kier molecular flexibility index (Phi) is 3.90. The normalized spacial score (nSPS) is 23.2. The first-order chi connectivity index (χ1) is 7.81. The lowest BCUT2D eigenvalue weighted by Gasteiger charge is -2.18. The number of piperidine rings is 1. The zero-order valence-electron chi connectivity index (χ0n) is 9.90. The van der Waals surface area contributed by atoms with Crippen LogP contribution >= 0.6 is 0 Å². The fourth-order valence-electron chi connectivity index (χ4n) is 1.97. The van der Waals surface area contributed by atoms with Crippen molar-refractivity contribution < 1.29 is 9.26 Å². The molecule has 1 unspecified atom stereocenters. The van der Waals surface area contributed by atoms with Crippen molar-refractivity contribution in [3.05, 3.63) is 11.7 Å². The van der Waals surface area contributed by atoms with Crippen molar-refractivity contribution in [2.75, 3.05) is 19.7 Å². The zero-order valence-corrected chi connectivity index (χ0v) is 9.90. The number of aromatic nitrogens is 2. The molecule has 2 atom stereocenters. The maximum Gasteiger partial charge on any atom is 0.231 e. The molecule has 2 heterocycles. The van der Waals surface area contributed by atoms with Crippen LogP contribution in [-0.4, -0.2) is 29.8 Å². The van der Waals surface area contributed by atoms with E-state index in [1.165, 1.54) is 6.42 Å². The van der Waals surface area contributed by atoms with Gasteiger partial charge in [-0.2, -0.15) is 4.98 Å². The van der Waals surface area contributed by atoms with E-state index in [1.807, 2.05) is 13.8 Å². The Morgan fingerprint density at radius 2 is 2.50 bits per heavy atom. The lowest BCUT2D eigenvalue weighted by atomic mass is 10.00. The van der Waals surface area contributed by atoms with E-state index in [9.17, 15) is 0 Å². The van der Waals surface area contributed by atoms with E-state index in [0.717, 1.165) is 25.4 Å². The van der Waals surface area contributed by atoms with Crippen molar-refractivity contribution in [2.24, 2.45) is 0 Å². The summed E-state index contributed by atoms with van der Waals surface area (Å²) in [7, 11) is 0. The molecular weight excluding hydrogens is 206 g/mol. The van der Waals surface area contributed by atoms with Gasteiger partial charge in [0, 0.05) is 13.2 Å². The Hall–Kier alpha value is -0.940. The number of nitrogens with zero attached hydrogens (tertiary/aromatic N) is 2. The van der Waals surface area contributed by atoms with Gasteiger partial charge < -0.3 is 14.6 Å². The molecule has 90 valence electrons. The second-order valence-electron chi connectivity index (χ2n) is 4.13. The summed E-state index contributed by atoms with van der Waals surface area (Å²) in [5.41, 5.74) is 0. The van der Waals surface area contributed by atoms with Crippen LogP contribution in [0.3, 0.4) is 0 Å². The fraction of sp³-hybridized carbons (Fsp3) is 0.818. The molecule has 1 aliphatic heterocycles. The van der Waals surface area contributed by atoms with Crippen molar-refractivity contribution >= 4 is 0 Å². The Balaban J connectivity index is 2.00. The van der Waals surface area contributed by atoms with Gasteiger partial charge in [-0.05, 0) is 33.2 Å². The Labute approximate surface area is 95.6 Å². The summed E-state index contributed by atoms with van der Waals surface area (Å²) in [5, 5.41) is 7.31. The summed E-state index contributed by atoms with van der Waals surface area (Å²) < 4.78 is 10.7. The molecule has 0 bridgehead atoms. The Bertz CT molecular complexity index is 321. The minimum absolute atomic E-state index is 0.0842. The molecule has 0 amide bonds. The van der Waals surface area contributed by atoms with Crippen molar-refractivity contribution in [2.45, 2.75) is 38.7 Å². The third-order valence-corrected chi connectivity index (χ3v) is 2.88. The van der Waals surface area contributed by atoms with E-state index >= 15 is 0 Å². The van der Waals surface area contributed by atoms with Gasteiger partial charge in [-0.25, -0.2) is 0 Å². The van der Waals surface area contributed by atoms with Crippen LogP contribution in [0.4, 0.5) is 0 Å². The fourth-order valence-corrected chi connectivity index (χ4v) is 1.97. The number of rotatable bonds is 4. The van der Waals surface area contributed by atoms with Gasteiger partial charge in [-0.1, -0.05) is 5.16 Å². The van der Waals surface area contributed by atoms with E-state index in [1.54, 1.807) is 0 Å². The molecule has 1 aliphatic rings. The van der Waals surface area contributed by atoms with E-state index in [0.29, 0.717) is 18.3 Å². The highest BCUT2D eigenvalue weighted by Crippen LogP contribution is 2.23. The lowest BCUT2D eigenvalue weighted by Crippen LogP contribution is -2.28. The maximum absolute atomic E-state index is 5.43. The van der Waals surface area contributed by atoms with E-state index < -0.39 is 0 Å². The minimum Gasteiger partial charge on any atom is -0.371 e. The minimum atomic E-state index is -0.0842. The molecule has 2 rings (SSSR count). The first kappa shape index (κ1) is 11.5. The predicted molar refractivity (Wildman–Crippen MR) is 59.2 cm³/mol.